The minimum atomic E-state index is -0.147. The number of carbonyl (C=O) groups excluding carboxylic acids is 2. The number of hydrogen-bond donors (Lipinski definition) is 1. The van der Waals surface area contributed by atoms with E-state index in [4.69, 9.17) is 9.47 Å². The third kappa shape index (κ3) is 4.15. The van der Waals surface area contributed by atoms with Gasteiger partial charge in [0.15, 0.2) is 11.5 Å². The maximum atomic E-state index is 12.0. The maximum Gasteiger partial charge on any atom is 0.228 e. The van der Waals surface area contributed by atoms with Crippen LogP contribution in [0.15, 0.2) is 18.2 Å². The van der Waals surface area contributed by atoms with Crippen molar-refractivity contribution >= 4 is 17.5 Å². The minimum absolute atomic E-state index is 0.0917. The molecule has 1 N–H and O–H groups in total. The zero-order valence-electron chi connectivity index (χ0n) is 12.2. The fourth-order valence-corrected chi connectivity index (χ4v) is 1.69. The van der Waals surface area contributed by atoms with E-state index in [1.807, 2.05) is 0 Å². The molecule has 6 heteroatoms. The van der Waals surface area contributed by atoms with Crippen LogP contribution in [0.2, 0.25) is 0 Å². The van der Waals surface area contributed by atoms with E-state index < -0.39 is 0 Å². The minimum Gasteiger partial charge on any atom is -0.493 e. The Hall–Kier alpha value is -2.24. The van der Waals surface area contributed by atoms with Crippen LogP contribution in [-0.4, -0.2) is 39.6 Å². The molecule has 0 saturated heterocycles. The number of hydrogen-bond acceptors (Lipinski definition) is 4. The summed E-state index contributed by atoms with van der Waals surface area (Å²) in [6.07, 6.45) is 0.241. The quantitative estimate of drug-likeness (QED) is 0.850. The molecular weight excluding hydrogens is 260 g/mol. The Morgan fingerprint density at radius 1 is 1.20 bits per heavy atom. The van der Waals surface area contributed by atoms with Crippen LogP contribution in [0.25, 0.3) is 0 Å². The van der Waals surface area contributed by atoms with Crippen LogP contribution in [0.5, 0.6) is 11.5 Å². The van der Waals surface area contributed by atoms with Crippen molar-refractivity contribution in [3.05, 3.63) is 18.2 Å². The van der Waals surface area contributed by atoms with E-state index in [9.17, 15) is 9.59 Å². The number of amides is 2. The van der Waals surface area contributed by atoms with Crippen LogP contribution in [0, 0.1) is 0 Å². The van der Waals surface area contributed by atoms with Crippen LogP contribution in [0.1, 0.15) is 13.3 Å². The van der Waals surface area contributed by atoms with Crippen molar-refractivity contribution in [1.29, 1.82) is 0 Å². The SMILES string of the molecule is COc1ccc(N(C)C(=O)CCNC(C)=O)cc1OC. The summed E-state index contributed by atoms with van der Waals surface area (Å²) < 4.78 is 10.3. The Morgan fingerprint density at radius 3 is 2.40 bits per heavy atom. The Morgan fingerprint density at radius 2 is 1.85 bits per heavy atom. The highest BCUT2D eigenvalue weighted by Crippen LogP contribution is 2.31. The molecule has 0 aromatic heterocycles. The van der Waals surface area contributed by atoms with Gasteiger partial charge in [0, 0.05) is 38.7 Å². The molecular formula is C14H20N2O4. The Labute approximate surface area is 118 Å². The van der Waals surface area contributed by atoms with Crippen molar-refractivity contribution in [1.82, 2.24) is 5.32 Å². The molecule has 0 radical (unpaired) electrons. The Bertz CT molecular complexity index is 488. The molecule has 6 nitrogen and oxygen atoms in total. The van der Waals surface area contributed by atoms with E-state index in [0.29, 0.717) is 23.7 Å². The molecule has 0 atom stereocenters. The Kier molecular flexibility index (Phi) is 5.83. The summed E-state index contributed by atoms with van der Waals surface area (Å²) in [4.78, 5) is 24.3. The van der Waals surface area contributed by atoms with Crippen molar-refractivity contribution in [3.63, 3.8) is 0 Å². The second-order valence-corrected chi connectivity index (χ2v) is 4.23. The molecule has 0 spiro atoms. The molecule has 0 aliphatic heterocycles. The van der Waals surface area contributed by atoms with Crippen LogP contribution in [-0.2, 0) is 9.59 Å². The van der Waals surface area contributed by atoms with Gasteiger partial charge in [0.25, 0.3) is 0 Å². The molecule has 0 bridgehead atoms. The first-order valence-corrected chi connectivity index (χ1v) is 6.22. The van der Waals surface area contributed by atoms with Crippen molar-refractivity contribution in [2.24, 2.45) is 0 Å². The topological polar surface area (TPSA) is 67.9 Å². The standard InChI is InChI=1S/C14H20N2O4/c1-10(17)15-8-7-14(18)16(2)11-5-6-12(19-3)13(9-11)20-4/h5-6,9H,7-8H2,1-4H3,(H,15,17). The van der Waals surface area contributed by atoms with Gasteiger partial charge in [-0.15, -0.1) is 0 Å². The molecule has 1 aromatic rings. The molecule has 0 fully saturated rings. The fraction of sp³-hybridized carbons (Fsp3) is 0.429. The summed E-state index contributed by atoms with van der Waals surface area (Å²) in [6.45, 7) is 1.74. The lowest BCUT2D eigenvalue weighted by Gasteiger charge is -2.19. The summed E-state index contributed by atoms with van der Waals surface area (Å²) in [7, 11) is 4.78. The molecule has 1 aromatic carbocycles. The van der Waals surface area contributed by atoms with E-state index in [0.717, 1.165) is 0 Å². The predicted octanol–water partition coefficient (Wildman–Crippen LogP) is 1.19. The summed E-state index contributed by atoms with van der Waals surface area (Å²) >= 11 is 0. The molecule has 0 aliphatic rings. The number of benzene rings is 1. The van der Waals surface area contributed by atoms with E-state index in [1.165, 1.54) is 11.8 Å². The molecule has 110 valence electrons. The van der Waals surface area contributed by atoms with E-state index >= 15 is 0 Å². The van der Waals surface area contributed by atoms with Crippen LogP contribution < -0.4 is 19.7 Å². The van der Waals surface area contributed by atoms with Gasteiger partial charge in [-0.25, -0.2) is 0 Å². The largest absolute Gasteiger partial charge is 0.493 e. The van der Waals surface area contributed by atoms with Gasteiger partial charge in [-0.1, -0.05) is 0 Å². The molecule has 0 saturated carbocycles. The monoisotopic (exact) mass is 280 g/mol. The van der Waals surface area contributed by atoms with Gasteiger partial charge in [-0.2, -0.15) is 0 Å². The van der Waals surface area contributed by atoms with Gasteiger partial charge in [0.1, 0.15) is 0 Å². The average Bonchev–Trinajstić information content (AvgIpc) is 2.45. The fourth-order valence-electron chi connectivity index (χ4n) is 1.69. The van der Waals surface area contributed by atoms with Crippen molar-refractivity contribution < 1.29 is 19.1 Å². The average molecular weight is 280 g/mol. The normalized spacial score (nSPS) is 9.80. The number of nitrogens with zero attached hydrogens (tertiary/aromatic N) is 1. The van der Waals surface area contributed by atoms with E-state index in [1.54, 1.807) is 39.5 Å². The zero-order chi connectivity index (χ0) is 15.1. The van der Waals surface area contributed by atoms with Crippen LogP contribution in [0.4, 0.5) is 5.69 Å². The number of carbonyl (C=O) groups is 2. The lowest BCUT2D eigenvalue weighted by atomic mass is 10.2. The third-order valence-electron chi connectivity index (χ3n) is 2.84. The molecule has 0 heterocycles. The highest BCUT2D eigenvalue weighted by molar-refractivity contribution is 5.93. The van der Waals surface area contributed by atoms with Crippen LogP contribution in [0.3, 0.4) is 0 Å². The highest BCUT2D eigenvalue weighted by Gasteiger charge is 2.13. The number of methoxy groups -OCH3 is 2. The molecule has 0 aliphatic carbocycles. The smallest absolute Gasteiger partial charge is 0.228 e. The van der Waals surface area contributed by atoms with E-state index in [-0.39, 0.29) is 18.2 Å². The number of rotatable bonds is 6. The molecule has 20 heavy (non-hydrogen) atoms. The number of nitrogens with one attached hydrogen (secondary N) is 1. The predicted molar refractivity (Wildman–Crippen MR) is 76.3 cm³/mol. The highest BCUT2D eigenvalue weighted by atomic mass is 16.5. The van der Waals surface area contributed by atoms with Crippen molar-refractivity contribution in [2.75, 3.05) is 32.7 Å². The first kappa shape index (κ1) is 15.8. The van der Waals surface area contributed by atoms with Gasteiger partial charge >= 0.3 is 0 Å². The first-order valence-electron chi connectivity index (χ1n) is 6.22. The lowest BCUT2D eigenvalue weighted by Crippen LogP contribution is -2.31. The van der Waals surface area contributed by atoms with Gasteiger partial charge in [-0.05, 0) is 12.1 Å². The summed E-state index contributed by atoms with van der Waals surface area (Å²) in [6, 6.07) is 5.25. The summed E-state index contributed by atoms with van der Waals surface area (Å²) in [5.41, 5.74) is 0.704. The molecule has 1 rings (SSSR count). The van der Waals surface area contributed by atoms with Crippen molar-refractivity contribution in [3.8, 4) is 11.5 Å². The Balaban J connectivity index is 2.73. The maximum absolute atomic E-state index is 12.0. The van der Waals surface area contributed by atoms with Crippen LogP contribution >= 0.6 is 0 Å². The number of ether oxygens (including phenoxy) is 2. The second-order valence-electron chi connectivity index (χ2n) is 4.23. The first-order chi connectivity index (χ1) is 9.49. The van der Waals surface area contributed by atoms with Gasteiger partial charge in [0.2, 0.25) is 11.8 Å². The third-order valence-corrected chi connectivity index (χ3v) is 2.84. The van der Waals surface area contributed by atoms with Gasteiger partial charge < -0.3 is 19.7 Å². The number of anilines is 1. The zero-order valence-corrected chi connectivity index (χ0v) is 12.2. The van der Waals surface area contributed by atoms with Gasteiger partial charge in [0.05, 0.1) is 14.2 Å². The molecule has 2 amide bonds. The summed E-state index contributed by atoms with van der Waals surface area (Å²) in [5.74, 6) is 0.930. The van der Waals surface area contributed by atoms with Gasteiger partial charge in [-0.3, -0.25) is 9.59 Å². The molecule has 0 unspecified atom stereocenters. The van der Waals surface area contributed by atoms with E-state index in [2.05, 4.69) is 5.32 Å². The second kappa shape index (κ2) is 7.37. The summed E-state index contributed by atoms with van der Waals surface area (Å²) in [5, 5.41) is 2.59. The lowest BCUT2D eigenvalue weighted by molar-refractivity contribution is -0.119. The van der Waals surface area contributed by atoms with Crippen molar-refractivity contribution in [2.45, 2.75) is 13.3 Å².